The third-order valence-electron chi connectivity index (χ3n) is 20.1. The molecule has 126 heavy (non-hydrogen) atoms. The third-order valence-corrected chi connectivity index (χ3v) is 20.1. The van der Waals surface area contributed by atoms with Crippen molar-refractivity contribution in [2.75, 3.05) is 26.4 Å². The van der Waals surface area contributed by atoms with Gasteiger partial charge in [-0.05, 0) is 241 Å². The number of carboxylic acid groups (broad SMARTS) is 4. The van der Waals surface area contributed by atoms with Crippen LogP contribution in [0.1, 0.15) is 233 Å². The van der Waals surface area contributed by atoms with E-state index in [4.69, 9.17) is 39.4 Å². The molecule has 0 bridgehead atoms. The predicted octanol–water partition coefficient (Wildman–Crippen LogP) is 28.3. The Kier molecular flexibility index (Phi) is 44.1. The van der Waals surface area contributed by atoms with E-state index in [0.29, 0.717) is 73.8 Å². The number of carbonyl (C=O) groups is 4. The fraction of sp³-hybridized carbons (Fsp3) is 0.382. The average Bonchev–Trinajstić information content (AvgIpc) is 0.779. The fourth-order valence-corrected chi connectivity index (χ4v) is 12.2. The maximum atomic E-state index is 13.6. The molecule has 0 spiro atoms. The Hall–Kier alpha value is -11.6. The summed E-state index contributed by atoms with van der Waals surface area (Å²) in [4.78, 5) is 47.5. The van der Waals surface area contributed by atoms with Gasteiger partial charge in [-0.2, -0.15) is 8.78 Å². The van der Waals surface area contributed by atoms with Gasteiger partial charge in [0.15, 0.2) is 6.61 Å². The molecule has 4 N–H and O–H groups in total. The van der Waals surface area contributed by atoms with Crippen LogP contribution in [0.2, 0.25) is 0 Å². The largest absolute Gasteiger partial charge is 0.487 e. The lowest BCUT2D eigenvalue weighted by molar-refractivity contribution is -0.148. The van der Waals surface area contributed by atoms with Crippen molar-refractivity contribution in [3.8, 4) is 45.4 Å². The zero-order valence-corrected chi connectivity index (χ0v) is 76.0. The summed E-state index contributed by atoms with van der Waals surface area (Å²) >= 11 is 0. The minimum atomic E-state index is -4.27. The minimum absolute atomic E-state index is 0.00842. The molecule has 6 rings (SSSR count). The van der Waals surface area contributed by atoms with Crippen molar-refractivity contribution in [2.24, 2.45) is 0 Å². The number of aryl methyl sites for hydroxylation is 1. The lowest BCUT2D eigenvalue weighted by atomic mass is 9.74. The number of halogens is 11. The lowest BCUT2D eigenvalue weighted by Crippen LogP contribution is -2.34. The van der Waals surface area contributed by atoms with Crippen LogP contribution in [0, 0.1) is 5.82 Å². The van der Waals surface area contributed by atoms with Gasteiger partial charge in [-0.3, -0.25) is 4.98 Å². The van der Waals surface area contributed by atoms with Crippen LogP contribution in [0.5, 0.6) is 23.0 Å². The van der Waals surface area contributed by atoms with Crippen molar-refractivity contribution in [3.05, 3.63) is 278 Å². The van der Waals surface area contributed by atoms with E-state index in [9.17, 15) is 67.5 Å². The number of aliphatic carboxylic acids is 4. The molecule has 13 nitrogen and oxygen atoms in total. The number of aromatic nitrogens is 1. The Morgan fingerprint density at radius 1 is 0.429 bits per heavy atom. The first kappa shape index (κ1) is 109. The van der Waals surface area contributed by atoms with Crippen molar-refractivity contribution in [1.29, 1.82) is 0 Å². The Morgan fingerprint density at radius 3 is 1.13 bits per heavy atom. The molecular weight excluding hydrogens is 1640 g/mol. The topological polar surface area (TPSA) is 199 Å². The molecule has 24 heteroatoms. The minimum Gasteiger partial charge on any atom is -0.487 e. The highest BCUT2D eigenvalue weighted by molar-refractivity contribution is 5.84. The summed E-state index contributed by atoms with van der Waals surface area (Å²) in [7, 11) is 0. The molecular formula is C102H122F11NO12. The van der Waals surface area contributed by atoms with Gasteiger partial charge in [0.1, 0.15) is 48.6 Å². The van der Waals surface area contributed by atoms with E-state index >= 15 is 0 Å². The zero-order valence-electron chi connectivity index (χ0n) is 76.0. The number of hydrogen-bond donors (Lipinski definition) is 4. The zero-order chi connectivity index (χ0) is 95.5. The van der Waals surface area contributed by atoms with Crippen molar-refractivity contribution < 1.29 is 107 Å². The molecule has 0 radical (unpaired) electrons. The SMILES string of the molecule is C/C(=C/C=C/C(C)=C/C(=O)O)c1cc(-c2ccc(F)cc2)cc(C(C)C)c1OCC(F)F.C/C(=C/C=C/C(C)=C/C(=O)O)c1cc(-c2ccccn2)cc(C(C)C)c1OCC(F)F.CCC(C)(C)c1cc(\C(C)=C/C=C/C(C)=C/C(=O)O)c(OCC(F)F)c(C(C)(C)CC)c1.CCc1cc(\C(C)=C/C=C/C(C)=C/C(=O)O)c(OCC(F)(F)C(F)F)c(C(C)(C)C)c1. The number of nitrogens with zero attached hydrogens (tertiary/aromatic N) is 1. The van der Waals surface area contributed by atoms with Crippen molar-refractivity contribution >= 4 is 46.2 Å². The summed E-state index contributed by atoms with van der Waals surface area (Å²) in [5, 5.41) is 35.3. The van der Waals surface area contributed by atoms with Gasteiger partial charge in [-0.15, -0.1) is 0 Å². The normalized spacial score (nSPS) is 13.3. The van der Waals surface area contributed by atoms with Gasteiger partial charge < -0.3 is 39.4 Å². The van der Waals surface area contributed by atoms with Gasteiger partial charge >= 0.3 is 36.2 Å². The van der Waals surface area contributed by atoms with Crippen molar-refractivity contribution in [1.82, 2.24) is 4.98 Å². The standard InChI is InChI=1S/C27H38F2O3.C26H27F3O3.C25H27F2NO3.C24H30F4O3/c1-9-26(5,6)20-15-21(19(4)13-11-12-18(3)14-24(30)31)25(32-17-23(28)29)22(16-20)27(7,8)10-2;1-16(2)22-13-20(19-8-10-21(27)11-9-19)14-23(26(22)32-15-24(28)29)18(4)7-5-6-17(3)12-25(30)31;1-16(2)20-13-19(22-10-5-6-11-28-22)14-21(25(20)31-15-23(26)27)18(4)9-7-8-17(3)12-24(29)30;1-7-17-12-18(16(3)10-8-9-15(2)11-20(29)30)21(19(13-17)23(4,5)6)31-14-24(27,28)22(25)26/h11-16,23H,9-10,17H2,1-8H3,(H,30,31);5-14,16,24H,15H2,1-4H3,(H,30,31);5-14,16,23H,15H2,1-4H3,(H,29,30);8-13,22H,7,14H2,1-6H3,(H,29,30)/b12-11+,18-14+,19-13-;6-5+,17-12+,18-7-;8-7+,17-12+,18-9-;9-8+,15-11+,16-10-. The van der Waals surface area contributed by atoms with Crippen LogP contribution in [0.25, 0.3) is 44.7 Å². The Morgan fingerprint density at radius 2 is 0.794 bits per heavy atom. The Balaban J connectivity index is 0.000000433. The highest BCUT2D eigenvalue weighted by Gasteiger charge is 2.42. The summed E-state index contributed by atoms with van der Waals surface area (Å²) in [5.74, 6) is -7.27. The quantitative estimate of drug-likeness (QED) is 0.0162. The molecule has 684 valence electrons. The van der Waals surface area contributed by atoms with E-state index in [1.54, 1.807) is 126 Å². The molecule has 0 saturated heterocycles. The summed E-state index contributed by atoms with van der Waals surface area (Å²) in [6.07, 6.45) is 17.5. The van der Waals surface area contributed by atoms with Crippen molar-refractivity contribution in [3.63, 3.8) is 0 Å². The molecule has 0 atom stereocenters. The molecule has 5 aromatic carbocycles. The van der Waals surface area contributed by atoms with E-state index < -0.39 is 87.3 Å². The molecule has 1 heterocycles. The Labute approximate surface area is 735 Å². The average molecular weight is 1760 g/mol. The van der Waals surface area contributed by atoms with Crippen LogP contribution in [0.3, 0.4) is 0 Å². The number of ether oxygens (including phenoxy) is 4. The second-order valence-electron chi connectivity index (χ2n) is 33.1. The summed E-state index contributed by atoms with van der Waals surface area (Å²) < 4.78 is 166. The second kappa shape index (κ2) is 51.2. The van der Waals surface area contributed by atoms with E-state index in [1.807, 2.05) is 137 Å². The predicted molar refractivity (Wildman–Crippen MR) is 485 cm³/mol. The van der Waals surface area contributed by atoms with Crippen molar-refractivity contribution in [2.45, 2.75) is 231 Å². The highest BCUT2D eigenvalue weighted by atomic mass is 19.3. The maximum Gasteiger partial charge on any atom is 0.340 e. The number of allylic oxidation sites excluding steroid dienone is 20. The summed E-state index contributed by atoms with van der Waals surface area (Å²) in [6, 6.07) is 27.0. The van der Waals surface area contributed by atoms with E-state index in [2.05, 4.69) is 52.6 Å². The van der Waals surface area contributed by atoms with Gasteiger partial charge in [0.2, 0.25) is 0 Å². The third kappa shape index (κ3) is 36.6. The first-order valence-corrected chi connectivity index (χ1v) is 41.2. The summed E-state index contributed by atoms with van der Waals surface area (Å²) in [5.41, 5.74) is 15.6. The first-order chi connectivity index (χ1) is 58.7. The maximum absolute atomic E-state index is 13.6. The number of pyridine rings is 1. The number of benzene rings is 5. The number of hydrogen-bond acceptors (Lipinski definition) is 9. The lowest BCUT2D eigenvalue weighted by Gasteiger charge is -2.32. The fourth-order valence-electron chi connectivity index (χ4n) is 12.2. The number of carboxylic acids is 4. The molecule has 0 saturated carbocycles. The van der Waals surface area contributed by atoms with Gasteiger partial charge in [-0.25, -0.2) is 58.7 Å². The van der Waals surface area contributed by atoms with Crippen LogP contribution < -0.4 is 18.9 Å². The Bertz CT molecular complexity index is 5040. The van der Waals surface area contributed by atoms with Gasteiger partial charge in [-0.1, -0.05) is 200 Å². The molecule has 0 amide bonds. The van der Waals surface area contributed by atoms with Gasteiger partial charge in [0.05, 0.1) is 5.69 Å². The van der Waals surface area contributed by atoms with Gasteiger partial charge in [0.25, 0.3) is 19.3 Å². The monoisotopic (exact) mass is 1760 g/mol. The van der Waals surface area contributed by atoms with Crippen LogP contribution in [-0.4, -0.2) is 107 Å². The van der Waals surface area contributed by atoms with Gasteiger partial charge in [0, 0.05) is 69.4 Å². The second-order valence-corrected chi connectivity index (χ2v) is 33.1. The van der Waals surface area contributed by atoms with Crippen LogP contribution >= 0.6 is 0 Å². The van der Waals surface area contributed by atoms with Crippen LogP contribution in [0.15, 0.2) is 217 Å². The molecule has 0 aliphatic heterocycles. The van der Waals surface area contributed by atoms with Crippen LogP contribution in [0.4, 0.5) is 48.3 Å². The molecule has 0 aliphatic carbocycles. The number of rotatable bonds is 38. The molecule has 1 aromatic heterocycles. The van der Waals surface area contributed by atoms with E-state index in [0.717, 1.165) is 110 Å². The van der Waals surface area contributed by atoms with E-state index in [-0.39, 0.29) is 34.2 Å². The first-order valence-electron chi connectivity index (χ1n) is 41.2. The van der Waals surface area contributed by atoms with E-state index in [1.165, 1.54) is 12.1 Å². The smallest absolute Gasteiger partial charge is 0.340 e. The molecule has 6 aromatic rings. The summed E-state index contributed by atoms with van der Waals surface area (Å²) in [6.45, 7) is 38.7. The molecule has 0 unspecified atom stereocenters. The highest BCUT2D eigenvalue weighted by Crippen LogP contribution is 2.46. The molecule has 0 aliphatic rings. The molecule has 0 fully saturated rings. The van der Waals surface area contributed by atoms with Crippen LogP contribution in [-0.2, 0) is 41.8 Å². The number of alkyl halides is 10.